The Balaban J connectivity index is 1.62. The lowest BCUT2D eigenvalue weighted by Gasteiger charge is -2.21. The monoisotopic (exact) mass is 562 g/mol. The number of aliphatic imine (C=N–C) groups is 1. The van der Waals surface area contributed by atoms with Crippen LogP contribution in [-0.4, -0.2) is 68.2 Å². The Morgan fingerprint density at radius 1 is 1.07 bits per heavy atom. The molecule has 0 saturated heterocycles. The van der Waals surface area contributed by atoms with Crippen LogP contribution in [0.1, 0.15) is 26.5 Å². The van der Waals surface area contributed by atoms with E-state index in [0.717, 1.165) is 5.56 Å². The van der Waals surface area contributed by atoms with Crippen molar-refractivity contribution in [1.29, 1.82) is 0 Å². The predicted octanol–water partition coefficient (Wildman–Crippen LogP) is 2.11. The highest BCUT2D eigenvalue weighted by atomic mass is 16.5. The van der Waals surface area contributed by atoms with Crippen LogP contribution in [-0.2, 0) is 13.1 Å². The number of nitrogens with two attached hydrogens (primary N) is 2. The number of urea groups is 1. The molecule has 0 saturated carbocycles. The molecule has 0 radical (unpaired) electrons. The summed E-state index contributed by atoms with van der Waals surface area (Å²) in [7, 11) is 3.14. The number of hydrogen-bond acceptors (Lipinski definition) is 10. The van der Waals surface area contributed by atoms with E-state index >= 15 is 0 Å². The molecular weight excluding hydrogens is 528 g/mol. The van der Waals surface area contributed by atoms with Crippen LogP contribution in [0.15, 0.2) is 41.7 Å². The highest BCUT2D eigenvalue weighted by Crippen LogP contribution is 2.35. The van der Waals surface area contributed by atoms with E-state index in [1.165, 1.54) is 0 Å². The zero-order chi connectivity index (χ0) is 29.6. The molecule has 3 heterocycles. The maximum absolute atomic E-state index is 12.8. The third-order valence-corrected chi connectivity index (χ3v) is 5.59. The Kier molecular flexibility index (Phi) is 8.65. The maximum Gasteiger partial charge on any atom is 0.320 e. The molecule has 216 valence electrons. The van der Waals surface area contributed by atoms with Crippen molar-refractivity contribution in [2.45, 2.75) is 39.4 Å². The molecule has 0 fully saturated rings. The van der Waals surface area contributed by atoms with Gasteiger partial charge in [0.1, 0.15) is 23.0 Å². The lowest BCUT2D eigenvalue weighted by atomic mass is 10.0. The summed E-state index contributed by atoms with van der Waals surface area (Å²) in [6.45, 7) is 6.88. The van der Waals surface area contributed by atoms with Gasteiger partial charge in [0.15, 0.2) is 11.6 Å². The van der Waals surface area contributed by atoms with Crippen molar-refractivity contribution in [2.75, 3.05) is 31.4 Å². The first kappa shape index (κ1) is 28.8. The van der Waals surface area contributed by atoms with E-state index in [1.807, 2.05) is 39.0 Å². The Morgan fingerprint density at radius 2 is 1.80 bits per heavy atom. The third kappa shape index (κ3) is 7.90. The molecule has 15 nitrogen and oxygen atoms in total. The molecule has 4 aromatic rings. The Hall–Kier alpha value is -5.21. The number of aromatic nitrogens is 6. The molecule has 0 bridgehead atoms. The average Bonchev–Trinajstić information content (AvgIpc) is 3.37. The zero-order valence-electron chi connectivity index (χ0n) is 23.6. The number of hydrogen-bond donors (Lipinski definition) is 5. The molecule has 2 amide bonds. The van der Waals surface area contributed by atoms with Crippen LogP contribution in [0.2, 0.25) is 0 Å². The van der Waals surface area contributed by atoms with Gasteiger partial charge < -0.3 is 31.6 Å². The number of amides is 2. The van der Waals surface area contributed by atoms with Crippen molar-refractivity contribution < 1.29 is 14.3 Å². The van der Waals surface area contributed by atoms with Gasteiger partial charge in [-0.2, -0.15) is 4.98 Å². The van der Waals surface area contributed by atoms with Gasteiger partial charge in [0.2, 0.25) is 5.95 Å². The van der Waals surface area contributed by atoms with Gasteiger partial charge in [0.05, 0.1) is 40.1 Å². The van der Waals surface area contributed by atoms with Crippen molar-refractivity contribution in [3.05, 3.63) is 42.4 Å². The summed E-state index contributed by atoms with van der Waals surface area (Å²) in [5.74, 6) is 1.85. The van der Waals surface area contributed by atoms with E-state index in [-0.39, 0.29) is 5.96 Å². The van der Waals surface area contributed by atoms with E-state index in [9.17, 15) is 4.79 Å². The third-order valence-electron chi connectivity index (χ3n) is 5.59. The molecule has 3 aromatic heterocycles. The number of carbonyl (C=O) groups excluding carboxylic acids is 1. The normalized spacial score (nSPS) is 11.1. The Bertz CT molecular complexity index is 1540. The van der Waals surface area contributed by atoms with Gasteiger partial charge in [-0.3, -0.25) is 15.0 Å². The average molecular weight is 563 g/mol. The smallest absolute Gasteiger partial charge is 0.320 e. The van der Waals surface area contributed by atoms with Crippen molar-refractivity contribution in [3.8, 4) is 22.6 Å². The molecule has 0 atom stereocenters. The maximum atomic E-state index is 12.8. The van der Waals surface area contributed by atoms with Crippen molar-refractivity contribution >= 4 is 34.8 Å². The number of rotatable bonds is 10. The molecule has 0 spiro atoms. The van der Waals surface area contributed by atoms with Gasteiger partial charge in [0.25, 0.3) is 0 Å². The standard InChI is InChI=1S/C26H34N12O3/c1-26(2,3)35-25(39)34-22-20(15-8-18(40-4)11-19(9-15)41-5)10-16-12-30-24(33-21(16)32-22)31-13-17-14-38(37-36-17)7-6-29-23(27)28/h8-12,14H,6-7,13H2,1-5H3,(H4,27,28,29)(H3,30,31,32,33,34,35,39). The summed E-state index contributed by atoms with van der Waals surface area (Å²) in [6.07, 6.45) is 3.43. The molecular formula is C26H34N12O3. The summed E-state index contributed by atoms with van der Waals surface area (Å²) in [5.41, 5.74) is 12.7. The van der Waals surface area contributed by atoms with Gasteiger partial charge in [-0.1, -0.05) is 5.21 Å². The fourth-order valence-corrected chi connectivity index (χ4v) is 3.79. The second-order valence-electron chi connectivity index (χ2n) is 10.1. The van der Waals surface area contributed by atoms with Gasteiger partial charge in [-0.15, -0.1) is 5.10 Å². The van der Waals surface area contributed by atoms with E-state index in [0.29, 0.717) is 65.2 Å². The number of nitrogens with zero attached hydrogens (tertiary/aromatic N) is 7. The zero-order valence-corrected chi connectivity index (χ0v) is 23.6. The number of methoxy groups -OCH3 is 2. The molecule has 1 aromatic carbocycles. The minimum absolute atomic E-state index is 0.0256. The minimum atomic E-state index is -0.452. The largest absolute Gasteiger partial charge is 0.497 e. The number of fused-ring (bicyclic) bond motifs is 1. The highest BCUT2D eigenvalue weighted by Gasteiger charge is 2.19. The molecule has 4 rings (SSSR count). The van der Waals surface area contributed by atoms with Crippen LogP contribution in [0.5, 0.6) is 11.5 Å². The Labute approximate surface area is 236 Å². The second-order valence-corrected chi connectivity index (χ2v) is 10.1. The summed E-state index contributed by atoms with van der Waals surface area (Å²) < 4.78 is 12.5. The Morgan fingerprint density at radius 3 is 2.46 bits per heavy atom. The first-order valence-corrected chi connectivity index (χ1v) is 12.7. The number of carbonyl (C=O) groups is 1. The summed E-state index contributed by atoms with van der Waals surface area (Å²) in [5, 5.41) is 17.7. The van der Waals surface area contributed by atoms with Crippen LogP contribution in [0.4, 0.5) is 16.6 Å². The topological polar surface area (TPSA) is 205 Å². The minimum Gasteiger partial charge on any atom is -0.497 e. The lowest BCUT2D eigenvalue weighted by Crippen LogP contribution is -2.43. The van der Waals surface area contributed by atoms with Gasteiger partial charge >= 0.3 is 6.03 Å². The highest BCUT2D eigenvalue weighted by molar-refractivity contribution is 5.96. The van der Waals surface area contributed by atoms with Crippen LogP contribution >= 0.6 is 0 Å². The molecule has 7 N–H and O–H groups in total. The fraction of sp³-hybridized carbons (Fsp3) is 0.346. The number of pyridine rings is 1. The molecule has 0 unspecified atom stereocenters. The van der Waals surface area contributed by atoms with Crippen LogP contribution in [0.25, 0.3) is 22.2 Å². The van der Waals surface area contributed by atoms with Crippen molar-refractivity contribution in [2.24, 2.45) is 16.5 Å². The summed E-state index contributed by atoms with van der Waals surface area (Å²) in [6, 6.07) is 6.88. The summed E-state index contributed by atoms with van der Waals surface area (Å²) >= 11 is 0. The number of benzene rings is 1. The van der Waals surface area contributed by atoms with E-state index in [4.69, 9.17) is 25.9 Å². The van der Waals surface area contributed by atoms with Gasteiger partial charge in [-0.05, 0) is 44.5 Å². The first-order chi connectivity index (χ1) is 19.5. The van der Waals surface area contributed by atoms with E-state index < -0.39 is 11.6 Å². The molecule has 0 aliphatic rings. The summed E-state index contributed by atoms with van der Waals surface area (Å²) in [4.78, 5) is 30.4. The fourth-order valence-electron chi connectivity index (χ4n) is 3.79. The van der Waals surface area contributed by atoms with Crippen LogP contribution in [0, 0.1) is 0 Å². The van der Waals surface area contributed by atoms with E-state index in [2.05, 4.69) is 41.2 Å². The van der Waals surface area contributed by atoms with Gasteiger partial charge in [-0.25, -0.2) is 14.8 Å². The molecule has 0 aliphatic carbocycles. The number of anilines is 2. The van der Waals surface area contributed by atoms with Gasteiger partial charge in [0, 0.05) is 28.8 Å². The lowest BCUT2D eigenvalue weighted by molar-refractivity contribution is 0.243. The van der Waals surface area contributed by atoms with Crippen molar-refractivity contribution in [1.82, 2.24) is 35.3 Å². The molecule has 0 aliphatic heterocycles. The van der Waals surface area contributed by atoms with Crippen LogP contribution < -0.4 is 36.9 Å². The van der Waals surface area contributed by atoms with Crippen LogP contribution in [0.3, 0.4) is 0 Å². The molecule has 15 heteroatoms. The number of nitrogens with one attached hydrogen (secondary N) is 3. The second kappa shape index (κ2) is 12.3. The first-order valence-electron chi connectivity index (χ1n) is 12.7. The quantitative estimate of drug-likeness (QED) is 0.140. The predicted molar refractivity (Wildman–Crippen MR) is 156 cm³/mol. The number of guanidine groups is 1. The van der Waals surface area contributed by atoms with Crippen molar-refractivity contribution in [3.63, 3.8) is 0 Å². The van der Waals surface area contributed by atoms with E-state index in [1.54, 1.807) is 37.4 Å². The SMILES string of the molecule is COc1cc(OC)cc(-c2cc3cnc(NCc4cn(CCN=C(N)N)nn4)nc3nc2NC(=O)NC(C)(C)C)c1. The molecule has 41 heavy (non-hydrogen) atoms. The number of ether oxygens (including phenoxy) is 2.